The summed E-state index contributed by atoms with van der Waals surface area (Å²) in [7, 11) is 0. The Kier molecular flexibility index (Phi) is 6.74. The van der Waals surface area contributed by atoms with Crippen molar-refractivity contribution in [2.45, 2.75) is 38.6 Å². The third-order valence-electron chi connectivity index (χ3n) is 1.88. The Bertz CT molecular complexity index is 194. The Labute approximate surface area is 84.2 Å². The van der Waals surface area contributed by atoms with Gasteiger partial charge in [0.25, 0.3) is 0 Å². The van der Waals surface area contributed by atoms with Crippen molar-refractivity contribution in [3.8, 4) is 0 Å². The van der Waals surface area contributed by atoms with Crippen molar-refractivity contribution < 1.29 is 9.59 Å². The van der Waals surface area contributed by atoms with Crippen molar-refractivity contribution in [3.05, 3.63) is 0 Å². The van der Waals surface area contributed by atoms with Crippen LogP contribution in [0.3, 0.4) is 0 Å². The number of carbonyl (C=O) groups is 2. The van der Waals surface area contributed by atoms with Crippen molar-refractivity contribution in [1.82, 2.24) is 5.32 Å². The summed E-state index contributed by atoms with van der Waals surface area (Å²) in [6.45, 7) is 2.31. The minimum atomic E-state index is -0.470. The zero-order valence-electron chi connectivity index (χ0n) is 8.58. The van der Waals surface area contributed by atoms with Crippen LogP contribution < -0.4 is 16.8 Å². The van der Waals surface area contributed by atoms with E-state index in [1.807, 2.05) is 6.92 Å². The zero-order chi connectivity index (χ0) is 11.0. The molecule has 0 heterocycles. The fourth-order valence-electron chi connectivity index (χ4n) is 0.995. The fraction of sp³-hybridized carbons (Fsp3) is 0.778. The van der Waals surface area contributed by atoms with E-state index in [0.717, 1.165) is 12.8 Å². The minimum Gasteiger partial charge on any atom is -0.370 e. The molecular formula is C9H19N3O2. The highest BCUT2D eigenvalue weighted by Gasteiger charge is 2.11. The molecule has 0 aromatic carbocycles. The number of hydrogen-bond acceptors (Lipinski definition) is 3. The Morgan fingerprint density at radius 2 is 2.07 bits per heavy atom. The van der Waals surface area contributed by atoms with Gasteiger partial charge in [-0.05, 0) is 6.42 Å². The first-order chi connectivity index (χ1) is 6.57. The number of nitrogens with one attached hydrogen (secondary N) is 1. The second kappa shape index (κ2) is 7.32. The van der Waals surface area contributed by atoms with Gasteiger partial charge in [0.15, 0.2) is 0 Å². The molecule has 5 N–H and O–H groups in total. The first-order valence-electron chi connectivity index (χ1n) is 4.89. The molecule has 0 bridgehead atoms. The number of carbonyl (C=O) groups excluding carboxylic acids is 2. The first-order valence-corrected chi connectivity index (χ1v) is 4.89. The van der Waals surface area contributed by atoms with E-state index >= 15 is 0 Å². The van der Waals surface area contributed by atoms with E-state index in [1.165, 1.54) is 0 Å². The molecule has 0 aliphatic heterocycles. The Morgan fingerprint density at radius 3 is 2.57 bits per heavy atom. The molecule has 0 aromatic heterocycles. The summed E-state index contributed by atoms with van der Waals surface area (Å²) >= 11 is 0. The predicted molar refractivity (Wildman–Crippen MR) is 54.3 cm³/mol. The largest absolute Gasteiger partial charge is 0.370 e. The van der Waals surface area contributed by atoms with Crippen LogP contribution in [-0.2, 0) is 9.59 Å². The molecule has 0 saturated carbocycles. The van der Waals surface area contributed by atoms with Crippen molar-refractivity contribution in [2.24, 2.45) is 11.5 Å². The molecule has 0 radical (unpaired) electrons. The van der Waals surface area contributed by atoms with E-state index < -0.39 is 11.9 Å². The summed E-state index contributed by atoms with van der Waals surface area (Å²) in [4.78, 5) is 21.6. The highest BCUT2D eigenvalue weighted by Crippen LogP contribution is 1.97. The topological polar surface area (TPSA) is 98.2 Å². The molecule has 0 fully saturated rings. The molecule has 1 unspecified atom stereocenters. The van der Waals surface area contributed by atoms with Gasteiger partial charge < -0.3 is 16.8 Å². The van der Waals surface area contributed by atoms with Gasteiger partial charge >= 0.3 is 0 Å². The van der Waals surface area contributed by atoms with Gasteiger partial charge in [-0.25, -0.2) is 0 Å². The molecule has 0 rings (SSSR count). The molecule has 0 spiro atoms. The minimum absolute atomic E-state index is 0.159. The predicted octanol–water partition coefficient (Wildman–Crippen LogP) is -0.504. The number of rotatable bonds is 7. The van der Waals surface area contributed by atoms with E-state index in [1.54, 1.807) is 0 Å². The summed E-state index contributed by atoms with van der Waals surface area (Å²) < 4.78 is 0. The number of unbranched alkanes of at least 4 members (excludes halogenated alkanes) is 1. The molecule has 14 heavy (non-hydrogen) atoms. The van der Waals surface area contributed by atoms with Crippen LogP contribution in [-0.4, -0.2) is 24.4 Å². The molecule has 0 aliphatic carbocycles. The quantitative estimate of drug-likeness (QED) is 0.517. The van der Waals surface area contributed by atoms with Crippen LogP contribution in [0.4, 0.5) is 0 Å². The van der Waals surface area contributed by atoms with E-state index in [0.29, 0.717) is 6.42 Å². The van der Waals surface area contributed by atoms with Crippen molar-refractivity contribution >= 4 is 11.8 Å². The molecule has 0 aliphatic rings. The van der Waals surface area contributed by atoms with Crippen molar-refractivity contribution in [3.63, 3.8) is 0 Å². The van der Waals surface area contributed by atoms with Gasteiger partial charge in [-0.3, -0.25) is 9.59 Å². The summed E-state index contributed by atoms with van der Waals surface area (Å²) in [6, 6.07) is -0.470. The van der Waals surface area contributed by atoms with Gasteiger partial charge in [0.1, 0.15) is 0 Å². The molecule has 2 amide bonds. The lowest BCUT2D eigenvalue weighted by Crippen LogP contribution is -2.41. The summed E-state index contributed by atoms with van der Waals surface area (Å²) in [5, 5.41) is 2.56. The molecule has 82 valence electrons. The van der Waals surface area contributed by atoms with E-state index in [9.17, 15) is 9.59 Å². The Morgan fingerprint density at radius 1 is 1.43 bits per heavy atom. The van der Waals surface area contributed by atoms with Gasteiger partial charge in [-0.15, -0.1) is 0 Å². The Balaban J connectivity index is 3.56. The van der Waals surface area contributed by atoms with Gasteiger partial charge in [0.2, 0.25) is 11.8 Å². The first kappa shape index (κ1) is 12.9. The van der Waals surface area contributed by atoms with Crippen LogP contribution in [0.5, 0.6) is 0 Å². The van der Waals surface area contributed by atoms with Crippen molar-refractivity contribution in [1.29, 1.82) is 0 Å². The molecule has 5 heteroatoms. The molecule has 1 atom stereocenters. The van der Waals surface area contributed by atoms with Crippen LogP contribution in [0.2, 0.25) is 0 Å². The summed E-state index contributed by atoms with van der Waals surface area (Å²) in [6.07, 6.45) is 2.79. The van der Waals surface area contributed by atoms with Gasteiger partial charge in [0.05, 0.1) is 6.04 Å². The van der Waals surface area contributed by atoms with Crippen molar-refractivity contribution in [2.75, 3.05) is 6.54 Å². The van der Waals surface area contributed by atoms with Crippen LogP contribution in [0.25, 0.3) is 0 Å². The highest BCUT2D eigenvalue weighted by atomic mass is 16.2. The zero-order valence-corrected chi connectivity index (χ0v) is 8.58. The summed E-state index contributed by atoms with van der Waals surface area (Å²) in [5.74, 6) is -0.632. The van der Waals surface area contributed by atoms with Crippen LogP contribution in [0, 0.1) is 0 Å². The smallest absolute Gasteiger partial charge is 0.236 e. The van der Waals surface area contributed by atoms with Crippen LogP contribution in [0.15, 0.2) is 0 Å². The lowest BCUT2D eigenvalue weighted by molar-refractivity contribution is -0.122. The lowest BCUT2D eigenvalue weighted by Gasteiger charge is -2.10. The maximum atomic E-state index is 11.2. The maximum Gasteiger partial charge on any atom is 0.236 e. The monoisotopic (exact) mass is 201 g/mol. The second-order valence-electron chi connectivity index (χ2n) is 3.26. The fourth-order valence-corrected chi connectivity index (χ4v) is 0.995. The van der Waals surface area contributed by atoms with E-state index in [-0.39, 0.29) is 18.9 Å². The van der Waals surface area contributed by atoms with Gasteiger partial charge in [-0.1, -0.05) is 19.8 Å². The third-order valence-corrected chi connectivity index (χ3v) is 1.88. The SMILES string of the molecule is CCCCC(N)C(=O)NCCC(N)=O. The normalized spacial score (nSPS) is 12.1. The number of nitrogens with two attached hydrogens (primary N) is 2. The van der Waals surface area contributed by atoms with Crippen LogP contribution >= 0.6 is 0 Å². The van der Waals surface area contributed by atoms with Crippen LogP contribution in [0.1, 0.15) is 32.6 Å². The maximum absolute atomic E-state index is 11.2. The van der Waals surface area contributed by atoms with Gasteiger partial charge in [0, 0.05) is 13.0 Å². The third kappa shape index (κ3) is 6.42. The summed E-state index contributed by atoms with van der Waals surface area (Å²) in [5.41, 5.74) is 10.5. The average Bonchev–Trinajstić information content (AvgIpc) is 2.13. The molecular weight excluding hydrogens is 182 g/mol. The Hall–Kier alpha value is -1.10. The number of primary amides is 1. The molecule has 0 aromatic rings. The average molecular weight is 201 g/mol. The lowest BCUT2D eigenvalue weighted by atomic mass is 10.1. The number of hydrogen-bond donors (Lipinski definition) is 3. The standard InChI is InChI=1S/C9H19N3O2/c1-2-3-4-7(10)9(14)12-6-5-8(11)13/h7H,2-6,10H2,1H3,(H2,11,13)(H,12,14). The highest BCUT2D eigenvalue weighted by molar-refractivity contribution is 5.82. The van der Waals surface area contributed by atoms with Gasteiger partial charge in [-0.2, -0.15) is 0 Å². The van der Waals surface area contributed by atoms with E-state index in [2.05, 4.69) is 5.32 Å². The molecule has 0 saturated heterocycles. The second-order valence-corrected chi connectivity index (χ2v) is 3.26. The van der Waals surface area contributed by atoms with E-state index in [4.69, 9.17) is 11.5 Å². The molecule has 5 nitrogen and oxygen atoms in total. The number of amides is 2.